The van der Waals surface area contributed by atoms with E-state index in [0.29, 0.717) is 18.9 Å². The van der Waals surface area contributed by atoms with Gasteiger partial charge in [0.25, 0.3) is 0 Å². The molecule has 1 aliphatic heterocycles. The molecule has 0 amide bonds. The normalized spacial score (nSPS) is 13.5. The van der Waals surface area contributed by atoms with Crippen molar-refractivity contribution in [2.45, 2.75) is 0 Å². The average Bonchev–Trinajstić information content (AvgIpc) is 2.56. The standard InChI is InChI=1S/C15H12BrN5O/c16-13-7-12(20-14(10-19)11(8-17)9-18)1-2-15(13)21-3-5-22-6-4-21/h1-2,7,20H,3-6H2. The Morgan fingerprint density at radius 2 is 1.82 bits per heavy atom. The smallest absolute Gasteiger partial charge is 0.163 e. The van der Waals surface area contributed by atoms with Crippen molar-refractivity contribution >= 4 is 27.3 Å². The SMILES string of the molecule is N#CC(C#N)=C(C#N)Nc1ccc(N2CCOCC2)c(Br)c1. The molecule has 0 aromatic heterocycles. The molecule has 0 aliphatic carbocycles. The molecule has 2 rings (SSSR count). The van der Waals surface area contributed by atoms with Crippen LogP contribution in [-0.2, 0) is 4.74 Å². The Balaban J connectivity index is 2.23. The fourth-order valence-electron chi connectivity index (χ4n) is 2.07. The second-order valence-corrected chi connectivity index (χ2v) is 5.33. The summed E-state index contributed by atoms with van der Waals surface area (Å²) in [6.07, 6.45) is 0. The molecule has 1 fully saturated rings. The van der Waals surface area contributed by atoms with Crippen molar-refractivity contribution in [2.24, 2.45) is 0 Å². The third kappa shape index (κ3) is 3.56. The minimum atomic E-state index is -0.240. The van der Waals surface area contributed by atoms with E-state index < -0.39 is 0 Å². The first kappa shape index (κ1) is 15.9. The van der Waals surface area contributed by atoms with Gasteiger partial charge in [-0.05, 0) is 34.1 Å². The number of ether oxygens (including phenoxy) is 1. The van der Waals surface area contributed by atoms with Gasteiger partial charge in [0.1, 0.15) is 23.9 Å². The van der Waals surface area contributed by atoms with Crippen LogP contribution in [0.4, 0.5) is 11.4 Å². The van der Waals surface area contributed by atoms with Crippen LogP contribution in [0.3, 0.4) is 0 Å². The Bertz CT molecular complexity index is 701. The Hall–Kier alpha value is -2.53. The van der Waals surface area contributed by atoms with Gasteiger partial charge in [-0.3, -0.25) is 0 Å². The van der Waals surface area contributed by atoms with Gasteiger partial charge in [-0.2, -0.15) is 15.8 Å². The summed E-state index contributed by atoms with van der Waals surface area (Å²) in [6.45, 7) is 3.03. The molecule has 1 aromatic carbocycles. The number of nitriles is 3. The molecule has 0 spiro atoms. The number of allylic oxidation sites excluding steroid dienone is 2. The molecular weight excluding hydrogens is 346 g/mol. The first-order valence-corrected chi connectivity index (χ1v) is 7.32. The number of hydrogen-bond donors (Lipinski definition) is 1. The minimum Gasteiger partial charge on any atom is -0.378 e. The predicted octanol–water partition coefficient (Wildman–Crippen LogP) is 2.52. The van der Waals surface area contributed by atoms with Gasteiger partial charge in [0.15, 0.2) is 5.57 Å². The summed E-state index contributed by atoms with van der Waals surface area (Å²) in [5.41, 5.74) is 1.37. The van der Waals surface area contributed by atoms with Crippen LogP contribution in [0.15, 0.2) is 33.9 Å². The van der Waals surface area contributed by atoms with Crippen LogP contribution in [0.25, 0.3) is 0 Å². The van der Waals surface area contributed by atoms with Crippen molar-refractivity contribution in [1.29, 1.82) is 15.8 Å². The zero-order valence-electron chi connectivity index (χ0n) is 11.6. The van der Waals surface area contributed by atoms with Crippen molar-refractivity contribution in [3.63, 3.8) is 0 Å². The highest BCUT2D eigenvalue weighted by molar-refractivity contribution is 9.10. The first-order valence-electron chi connectivity index (χ1n) is 6.53. The summed E-state index contributed by atoms with van der Waals surface area (Å²) in [5.74, 6) is 0. The van der Waals surface area contributed by atoms with Gasteiger partial charge in [-0.1, -0.05) is 0 Å². The molecule has 22 heavy (non-hydrogen) atoms. The number of nitrogens with zero attached hydrogens (tertiary/aromatic N) is 4. The molecular formula is C15H12BrN5O. The van der Waals surface area contributed by atoms with E-state index in [0.717, 1.165) is 23.2 Å². The van der Waals surface area contributed by atoms with Crippen LogP contribution in [0, 0.1) is 34.0 Å². The maximum atomic E-state index is 9.04. The van der Waals surface area contributed by atoms with Gasteiger partial charge in [0.2, 0.25) is 0 Å². The monoisotopic (exact) mass is 357 g/mol. The van der Waals surface area contributed by atoms with Crippen molar-refractivity contribution in [3.8, 4) is 18.2 Å². The highest BCUT2D eigenvalue weighted by Gasteiger charge is 2.14. The van der Waals surface area contributed by atoms with Gasteiger partial charge in [-0.15, -0.1) is 0 Å². The third-order valence-corrected chi connectivity index (χ3v) is 3.79. The summed E-state index contributed by atoms with van der Waals surface area (Å²) in [4.78, 5) is 2.20. The van der Waals surface area contributed by atoms with Gasteiger partial charge in [-0.25, -0.2) is 0 Å². The van der Waals surface area contributed by atoms with Crippen molar-refractivity contribution in [2.75, 3.05) is 36.5 Å². The summed E-state index contributed by atoms with van der Waals surface area (Å²) >= 11 is 3.51. The summed E-state index contributed by atoms with van der Waals surface area (Å²) in [5, 5.41) is 29.5. The minimum absolute atomic E-state index is 0.0592. The highest BCUT2D eigenvalue weighted by atomic mass is 79.9. The topological polar surface area (TPSA) is 95.9 Å². The molecule has 1 aromatic rings. The quantitative estimate of drug-likeness (QED) is 0.834. The Morgan fingerprint density at radius 1 is 1.14 bits per heavy atom. The van der Waals surface area contributed by atoms with E-state index in [1.807, 2.05) is 18.2 Å². The van der Waals surface area contributed by atoms with E-state index in [4.69, 9.17) is 20.5 Å². The van der Waals surface area contributed by atoms with Crippen LogP contribution in [0.5, 0.6) is 0 Å². The predicted molar refractivity (Wildman–Crippen MR) is 84.7 cm³/mol. The second kappa shape index (κ2) is 7.47. The third-order valence-electron chi connectivity index (χ3n) is 3.15. The number of nitrogens with one attached hydrogen (secondary N) is 1. The molecule has 110 valence electrons. The molecule has 1 aliphatic rings. The summed E-state index contributed by atoms with van der Waals surface area (Å²) in [7, 11) is 0. The molecule has 0 bridgehead atoms. The average molecular weight is 358 g/mol. The van der Waals surface area contributed by atoms with Crippen LogP contribution in [0.2, 0.25) is 0 Å². The number of halogens is 1. The van der Waals surface area contributed by atoms with E-state index in [-0.39, 0.29) is 11.3 Å². The van der Waals surface area contributed by atoms with E-state index in [1.165, 1.54) is 0 Å². The second-order valence-electron chi connectivity index (χ2n) is 4.48. The fraction of sp³-hybridized carbons (Fsp3) is 0.267. The molecule has 1 heterocycles. The number of hydrogen-bond acceptors (Lipinski definition) is 6. The van der Waals surface area contributed by atoms with Gasteiger partial charge < -0.3 is 15.0 Å². The zero-order chi connectivity index (χ0) is 15.9. The molecule has 0 saturated carbocycles. The lowest BCUT2D eigenvalue weighted by Crippen LogP contribution is -2.36. The first-order chi connectivity index (χ1) is 10.7. The van der Waals surface area contributed by atoms with Gasteiger partial charge in [0.05, 0.1) is 18.9 Å². The lowest BCUT2D eigenvalue weighted by Gasteiger charge is -2.29. The maximum absolute atomic E-state index is 9.04. The molecule has 0 radical (unpaired) electrons. The number of anilines is 2. The highest BCUT2D eigenvalue weighted by Crippen LogP contribution is 2.30. The van der Waals surface area contributed by atoms with Crippen molar-refractivity contribution < 1.29 is 4.74 Å². The summed E-state index contributed by atoms with van der Waals surface area (Å²) in [6, 6.07) is 10.8. The number of rotatable bonds is 3. The van der Waals surface area contributed by atoms with Crippen LogP contribution < -0.4 is 10.2 Å². The van der Waals surface area contributed by atoms with E-state index in [9.17, 15) is 0 Å². The van der Waals surface area contributed by atoms with E-state index >= 15 is 0 Å². The van der Waals surface area contributed by atoms with Crippen LogP contribution >= 0.6 is 15.9 Å². The Kier molecular flexibility index (Phi) is 5.38. The molecule has 6 nitrogen and oxygen atoms in total. The lowest BCUT2D eigenvalue weighted by molar-refractivity contribution is 0.122. The molecule has 1 N–H and O–H groups in total. The fourth-order valence-corrected chi connectivity index (χ4v) is 2.70. The lowest BCUT2D eigenvalue weighted by atomic mass is 10.2. The van der Waals surface area contributed by atoms with Gasteiger partial charge >= 0.3 is 0 Å². The maximum Gasteiger partial charge on any atom is 0.163 e. The van der Waals surface area contributed by atoms with Crippen molar-refractivity contribution in [1.82, 2.24) is 0 Å². The number of morpholine rings is 1. The van der Waals surface area contributed by atoms with Crippen LogP contribution in [0.1, 0.15) is 0 Å². The largest absolute Gasteiger partial charge is 0.378 e. The Morgan fingerprint density at radius 3 is 2.36 bits per heavy atom. The molecule has 0 atom stereocenters. The van der Waals surface area contributed by atoms with E-state index in [1.54, 1.807) is 18.2 Å². The van der Waals surface area contributed by atoms with Gasteiger partial charge in [0, 0.05) is 23.2 Å². The van der Waals surface area contributed by atoms with Crippen LogP contribution in [-0.4, -0.2) is 26.3 Å². The zero-order valence-corrected chi connectivity index (χ0v) is 13.2. The molecule has 7 heteroatoms. The molecule has 0 unspecified atom stereocenters. The van der Waals surface area contributed by atoms with Crippen molar-refractivity contribution in [3.05, 3.63) is 33.9 Å². The van der Waals surface area contributed by atoms with E-state index in [2.05, 4.69) is 26.1 Å². The number of benzene rings is 1. The summed E-state index contributed by atoms with van der Waals surface area (Å²) < 4.78 is 6.20. The Labute approximate surface area is 136 Å². The molecule has 1 saturated heterocycles.